The Labute approximate surface area is 608 Å². The molecule has 0 amide bonds. The number of unbranched alkanes of at least 4 members (excludes halogenated alkanes) is 35. The molecule has 0 bridgehead atoms. The van der Waals surface area contributed by atoms with Crippen LogP contribution in [-0.4, -0.2) is 96.7 Å². The van der Waals surface area contributed by atoms with E-state index in [0.717, 1.165) is 167 Å². The van der Waals surface area contributed by atoms with E-state index < -0.39 is 97.5 Å². The van der Waals surface area contributed by atoms with Crippen LogP contribution in [0.4, 0.5) is 0 Å². The third-order valence-electron chi connectivity index (χ3n) is 16.8. The molecule has 19 heteroatoms. The lowest BCUT2D eigenvalue weighted by molar-refractivity contribution is -0.161. The van der Waals surface area contributed by atoms with Crippen LogP contribution in [0.2, 0.25) is 0 Å². The molecule has 0 radical (unpaired) electrons. The average molecular weight is 1450 g/mol. The summed E-state index contributed by atoms with van der Waals surface area (Å²) in [5.74, 6) is -2.20. The molecule has 5 atom stereocenters. The zero-order valence-electron chi connectivity index (χ0n) is 63.4. The first-order valence-corrected chi connectivity index (χ1v) is 42.8. The summed E-state index contributed by atoms with van der Waals surface area (Å²) >= 11 is 0. The third-order valence-corrected chi connectivity index (χ3v) is 18.7. The normalized spacial score (nSPS) is 14.3. The summed E-state index contributed by atoms with van der Waals surface area (Å²) in [7, 11) is -9.96. The van der Waals surface area contributed by atoms with Gasteiger partial charge in [-0.15, -0.1) is 0 Å². The van der Waals surface area contributed by atoms with Crippen LogP contribution >= 0.6 is 15.6 Å². The van der Waals surface area contributed by atoms with Crippen molar-refractivity contribution in [3.63, 3.8) is 0 Å². The van der Waals surface area contributed by atoms with Gasteiger partial charge < -0.3 is 33.8 Å². The van der Waals surface area contributed by atoms with Gasteiger partial charge in [-0.05, 0) is 148 Å². The molecule has 0 aromatic rings. The third kappa shape index (κ3) is 72.6. The lowest BCUT2D eigenvalue weighted by atomic mass is 10.1. The summed E-state index contributed by atoms with van der Waals surface area (Å²) in [5, 5.41) is 10.6. The van der Waals surface area contributed by atoms with Crippen molar-refractivity contribution in [3.8, 4) is 0 Å². The first-order chi connectivity index (χ1) is 48.7. The van der Waals surface area contributed by atoms with Gasteiger partial charge in [0, 0.05) is 25.7 Å². The Morgan fingerprint density at radius 1 is 0.280 bits per heavy atom. The number of allylic oxidation sites excluding steroid dienone is 14. The second kappa shape index (κ2) is 73.5. The predicted molar refractivity (Wildman–Crippen MR) is 409 cm³/mol. The molecule has 3 N–H and O–H groups in total. The zero-order chi connectivity index (χ0) is 73.2. The van der Waals surface area contributed by atoms with Crippen LogP contribution in [0.5, 0.6) is 0 Å². The topological polar surface area (TPSA) is 237 Å². The van der Waals surface area contributed by atoms with Crippen molar-refractivity contribution < 1.29 is 80.2 Å². The van der Waals surface area contributed by atoms with Crippen LogP contribution in [0, 0.1) is 0 Å². The summed E-state index contributed by atoms with van der Waals surface area (Å²) in [6.45, 7) is 4.77. The molecule has 0 aromatic carbocycles. The van der Waals surface area contributed by atoms with Gasteiger partial charge in [-0.3, -0.25) is 37.3 Å². The minimum atomic E-state index is -4.98. The highest BCUT2D eigenvalue weighted by molar-refractivity contribution is 7.47. The van der Waals surface area contributed by atoms with Gasteiger partial charge in [0.25, 0.3) is 0 Å². The Kier molecular flexibility index (Phi) is 70.8. The maximum absolute atomic E-state index is 13.1. The van der Waals surface area contributed by atoms with Crippen LogP contribution in [0.3, 0.4) is 0 Å². The zero-order valence-corrected chi connectivity index (χ0v) is 65.2. The van der Waals surface area contributed by atoms with E-state index in [4.69, 9.17) is 37.0 Å². The van der Waals surface area contributed by atoms with Crippen molar-refractivity contribution in [2.75, 3.05) is 39.6 Å². The van der Waals surface area contributed by atoms with Gasteiger partial charge in [-0.25, -0.2) is 9.13 Å². The molecule has 0 aliphatic rings. The van der Waals surface area contributed by atoms with E-state index in [2.05, 4.69) is 113 Å². The summed E-state index contributed by atoms with van der Waals surface area (Å²) in [6.07, 6.45) is 75.5. The number of ether oxygens (including phenoxy) is 4. The van der Waals surface area contributed by atoms with Crippen molar-refractivity contribution in [1.82, 2.24) is 0 Å². The molecule has 100 heavy (non-hydrogen) atoms. The fourth-order valence-electron chi connectivity index (χ4n) is 10.7. The number of rotatable bonds is 75. The maximum atomic E-state index is 13.1. The van der Waals surface area contributed by atoms with Crippen LogP contribution in [0.15, 0.2) is 85.1 Å². The first-order valence-electron chi connectivity index (χ1n) is 39.8. The van der Waals surface area contributed by atoms with Gasteiger partial charge >= 0.3 is 39.5 Å². The Bertz CT molecular complexity index is 2230. The highest BCUT2D eigenvalue weighted by atomic mass is 31.2. The van der Waals surface area contributed by atoms with E-state index in [1.54, 1.807) is 0 Å². The Balaban J connectivity index is 5.38. The van der Waals surface area contributed by atoms with Crippen LogP contribution < -0.4 is 0 Å². The SMILES string of the molecule is CCCCC/C=C\C/C=C/CCCCCCCC(=O)OC[C@H](COP(=O)(O)OC[C@@H](O)COP(=O)(O)OC[C@@H](COC(=O)CCCCCCCCCC/C=C\CCCCC)OC(=O)CCCCCCC/C=C/C/C=C/CCCCC)OC(=O)CCCCCCC/C=C/C/C=C/CCCCC. The number of aliphatic hydroxyl groups excluding tert-OH is 1. The van der Waals surface area contributed by atoms with Gasteiger partial charge in [-0.2, -0.15) is 0 Å². The quantitative estimate of drug-likeness (QED) is 0.0169. The molecule has 0 aliphatic heterocycles. The Hall–Kier alpha value is -3.76. The summed E-state index contributed by atoms with van der Waals surface area (Å²) in [4.78, 5) is 73.0. The summed E-state index contributed by atoms with van der Waals surface area (Å²) in [5.41, 5.74) is 0. The molecular weight excluding hydrogens is 1310 g/mol. The molecule has 0 fully saturated rings. The van der Waals surface area contributed by atoms with E-state index in [-0.39, 0.29) is 25.7 Å². The Morgan fingerprint density at radius 3 is 0.750 bits per heavy atom. The van der Waals surface area contributed by atoms with Gasteiger partial charge in [0.15, 0.2) is 12.2 Å². The lowest BCUT2D eigenvalue weighted by Gasteiger charge is -2.21. The van der Waals surface area contributed by atoms with Crippen LogP contribution in [0.25, 0.3) is 0 Å². The number of hydrogen-bond donors (Lipinski definition) is 3. The molecule has 0 aliphatic carbocycles. The molecule has 0 saturated carbocycles. The van der Waals surface area contributed by atoms with E-state index in [9.17, 15) is 43.2 Å². The van der Waals surface area contributed by atoms with Crippen molar-refractivity contribution in [2.45, 2.75) is 367 Å². The first kappa shape index (κ1) is 96.2. The molecule has 0 aromatic heterocycles. The molecule has 0 rings (SSSR count). The highest BCUT2D eigenvalue weighted by Gasteiger charge is 2.30. The average Bonchev–Trinajstić information content (AvgIpc) is 1.01. The second-order valence-electron chi connectivity index (χ2n) is 26.6. The number of carbonyl (C=O) groups excluding carboxylic acids is 4. The van der Waals surface area contributed by atoms with E-state index in [0.29, 0.717) is 25.7 Å². The number of phosphoric acid groups is 2. The minimum absolute atomic E-state index is 0.0770. The molecule has 0 spiro atoms. The highest BCUT2D eigenvalue weighted by Crippen LogP contribution is 2.45. The fourth-order valence-corrected chi connectivity index (χ4v) is 12.2. The molecule has 17 nitrogen and oxygen atoms in total. The molecule has 2 unspecified atom stereocenters. The van der Waals surface area contributed by atoms with Crippen LogP contribution in [-0.2, 0) is 65.4 Å². The monoisotopic (exact) mass is 1450 g/mol. The number of carbonyl (C=O) groups is 4. The number of hydrogen-bond acceptors (Lipinski definition) is 15. The van der Waals surface area contributed by atoms with Crippen molar-refractivity contribution >= 4 is 39.5 Å². The van der Waals surface area contributed by atoms with E-state index in [1.807, 2.05) is 0 Å². The molecule has 0 saturated heterocycles. The van der Waals surface area contributed by atoms with Crippen LogP contribution in [0.1, 0.15) is 349 Å². The smallest absolute Gasteiger partial charge is 0.462 e. The standard InChI is InChI=1S/C81H144O17P2/c1-5-9-13-17-21-25-29-33-37-41-45-49-53-57-61-65-78(83)91-71-76(97-80(85)67-63-59-55-51-47-43-39-35-31-27-23-19-15-11-7-3)73-95-99(87,88)93-69-75(82)70-94-100(89,90)96-74-77(98-81(86)68-64-60-56-52-48-44-40-36-32-28-24-20-16-12-8-4)72-92-79(84)66-62-58-54-50-46-42-38-34-30-26-22-18-14-10-6-2/h21-28,33,35-37,39-40,75-77,82H,5-20,29-32,34,38,41-74H2,1-4H3,(H,87,88)(H,89,90)/b25-21-,26-22-,27-23+,28-24+,37-33+,39-35+,40-36+/t75-,76-,77-/m1/s1. The summed E-state index contributed by atoms with van der Waals surface area (Å²) < 4.78 is 68.6. The van der Waals surface area contributed by atoms with Crippen molar-refractivity contribution in [3.05, 3.63) is 85.1 Å². The molecule has 580 valence electrons. The van der Waals surface area contributed by atoms with Gasteiger partial charge in [-0.1, -0.05) is 260 Å². The molecule has 0 heterocycles. The number of phosphoric ester groups is 2. The largest absolute Gasteiger partial charge is 0.472 e. The van der Waals surface area contributed by atoms with Crippen molar-refractivity contribution in [2.24, 2.45) is 0 Å². The lowest BCUT2D eigenvalue weighted by Crippen LogP contribution is -2.30. The predicted octanol–water partition coefficient (Wildman–Crippen LogP) is 23.0. The fraction of sp³-hybridized carbons (Fsp3) is 0.778. The van der Waals surface area contributed by atoms with Crippen molar-refractivity contribution in [1.29, 1.82) is 0 Å². The number of esters is 4. The van der Waals surface area contributed by atoms with Gasteiger partial charge in [0.1, 0.15) is 19.3 Å². The van der Waals surface area contributed by atoms with E-state index in [1.165, 1.54) is 103 Å². The maximum Gasteiger partial charge on any atom is 0.472 e. The van der Waals surface area contributed by atoms with Gasteiger partial charge in [0.05, 0.1) is 26.4 Å². The second-order valence-corrected chi connectivity index (χ2v) is 29.5. The van der Waals surface area contributed by atoms with Gasteiger partial charge in [0.2, 0.25) is 0 Å². The Morgan fingerprint density at radius 2 is 0.490 bits per heavy atom. The number of aliphatic hydroxyl groups is 1. The summed E-state index contributed by atoms with van der Waals surface area (Å²) in [6, 6.07) is 0. The molecular formula is C81H144O17P2. The minimum Gasteiger partial charge on any atom is -0.462 e. The van der Waals surface area contributed by atoms with E-state index >= 15 is 0 Å².